The molecule has 4 bridgehead atoms. The molecule has 0 spiro atoms. The zero-order valence-electron chi connectivity index (χ0n) is 32.3. The van der Waals surface area contributed by atoms with E-state index in [1.165, 1.54) is 12.1 Å². The Bertz CT molecular complexity index is 1950. The van der Waals surface area contributed by atoms with E-state index in [4.69, 9.17) is 14.2 Å². The van der Waals surface area contributed by atoms with Crippen LogP contribution in [0.15, 0.2) is 97.1 Å². The number of ether oxygens (including phenoxy) is 3. The number of nitrogens with one attached hydrogen (secondary N) is 4. The van der Waals surface area contributed by atoms with Gasteiger partial charge in [-0.3, -0.25) is 19.2 Å². The van der Waals surface area contributed by atoms with Gasteiger partial charge in [-0.2, -0.15) is 0 Å². The third kappa shape index (κ3) is 12.2. The molecule has 0 saturated heterocycles. The van der Waals surface area contributed by atoms with Crippen LogP contribution in [0.3, 0.4) is 0 Å². The monoisotopic (exact) mass is 776 g/mol. The maximum absolute atomic E-state index is 14.0. The summed E-state index contributed by atoms with van der Waals surface area (Å²) in [4.78, 5) is 54.4. The minimum absolute atomic E-state index is 0.0586. The van der Waals surface area contributed by atoms with Crippen LogP contribution in [0.1, 0.15) is 61.3 Å². The van der Waals surface area contributed by atoms with E-state index in [-0.39, 0.29) is 67.9 Å². The Balaban J connectivity index is 1.22. The van der Waals surface area contributed by atoms with E-state index >= 15 is 0 Å². The summed E-state index contributed by atoms with van der Waals surface area (Å²) in [5.74, 6) is 0.448. The van der Waals surface area contributed by atoms with Gasteiger partial charge in [0.2, 0.25) is 17.7 Å². The molecule has 12 nitrogen and oxygen atoms in total. The van der Waals surface area contributed by atoms with Crippen LogP contribution in [-0.4, -0.2) is 66.6 Å². The predicted octanol–water partition coefficient (Wildman–Crippen LogP) is 4.94. The molecule has 4 aliphatic heterocycles. The molecule has 9 rings (SSSR count). The van der Waals surface area contributed by atoms with Crippen LogP contribution >= 0.6 is 0 Å². The van der Waals surface area contributed by atoms with Gasteiger partial charge in [0.05, 0.1) is 6.61 Å². The largest absolute Gasteiger partial charge is 0.508 e. The summed E-state index contributed by atoms with van der Waals surface area (Å²) in [5.41, 5.74) is 3.32. The molecule has 57 heavy (non-hydrogen) atoms. The third-order valence-electron chi connectivity index (χ3n) is 10.4. The number of amides is 4. The summed E-state index contributed by atoms with van der Waals surface area (Å²) in [5, 5.41) is 21.8. The Morgan fingerprint density at radius 2 is 1.39 bits per heavy atom. The number of hydrogen-bond acceptors (Lipinski definition) is 8. The molecule has 1 aliphatic carbocycles. The fourth-order valence-corrected chi connectivity index (χ4v) is 7.32. The molecule has 0 radical (unpaired) electrons. The molecule has 0 aromatic heterocycles. The van der Waals surface area contributed by atoms with E-state index in [0.717, 1.165) is 35.1 Å². The highest BCUT2D eigenvalue weighted by Crippen LogP contribution is 2.33. The quantitative estimate of drug-likeness (QED) is 0.184. The van der Waals surface area contributed by atoms with Crippen molar-refractivity contribution in [1.82, 2.24) is 21.3 Å². The molecule has 4 aromatic rings. The topological polar surface area (TPSA) is 164 Å². The number of carbonyl (C=O) groups is 4. The van der Waals surface area contributed by atoms with Crippen LogP contribution in [0.2, 0.25) is 0 Å². The number of para-hydroxylation sites is 1. The van der Waals surface area contributed by atoms with E-state index in [1.807, 2.05) is 73.7 Å². The first-order chi connectivity index (χ1) is 27.7. The lowest BCUT2D eigenvalue weighted by Crippen LogP contribution is -2.55. The molecule has 1 saturated carbocycles. The fourth-order valence-electron chi connectivity index (χ4n) is 7.32. The zero-order valence-corrected chi connectivity index (χ0v) is 32.3. The van der Waals surface area contributed by atoms with Crippen molar-refractivity contribution in [1.29, 1.82) is 0 Å². The molecule has 4 aromatic carbocycles. The van der Waals surface area contributed by atoms with Crippen LogP contribution in [0.5, 0.6) is 23.0 Å². The van der Waals surface area contributed by atoms with Gasteiger partial charge in [-0.25, -0.2) is 0 Å². The van der Waals surface area contributed by atoms with Crippen molar-refractivity contribution >= 4 is 23.6 Å². The summed E-state index contributed by atoms with van der Waals surface area (Å²) in [6, 6.07) is 27.1. The lowest BCUT2D eigenvalue weighted by Gasteiger charge is -2.29. The lowest BCUT2D eigenvalue weighted by atomic mass is 9.84. The molecule has 4 heterocycles. The molecule has 1 fully saturated rings. The first kappa shape index (κ1) is 40.6. The van der Waals surface area contributed by atoms with Crippen LogP contribution in [0.25, 0.3) is 0 Å². The van der Waals surface area contributed by atoms with Crippen molar-refractivity contribution in [2.45, 2.75) is 83.0 Å². The van der Waals surface area contributed by atoms with Crippen molar-refractivity contribution in [3.05, 3.63) is 119 Å². The molecule has 12 heteroatoms. The molecular formula is C45H52N4O8. The molecule has 5 N–H and O–H groups in total. The molecular weight excluding hydrogens is 725 g/mol. The fraction of sp³-hybridized carbons (Fsp3) is 0.378. The van der Waals surface area contributed by atoms with E-state index in [0.29, 0.717) is 49.7 Å². The summed E-state index contributed by atoms with van der Waals surface area (Å²) in [6.07, 6.45) is 4.02. The van der Waals surface area contributed by atoms with Crippen LogP contribution in [0.4, 0.5) is 0 Å². The maximum Gasteiger partial charge on any atom is 0.258 e. The SMILES string of the molecule is CCOc1cccc2c1OCC(=O)NC1CCC(CC1)CC(=O)N[C@@H](Cc1ccc(O)cc1)C(=O)N[C@H](Cc1ccccc1)C(=O)NCCc1ccc(cc1)OC2. The minimum atomic E-state index is -0.972. The Labute approximate surface area is 333 Å². The Kier molecular flexibility index (Phi) is 14.4. The number of carbonyl (C=O) groups excluding carboxylic acids is 4. The first-order valence-corrected chi connectivity index (χ1v) is 19.8. The lowest BCUT2D eigenvalue weighted by molar-refractivity contribution is -0.132. The highest BCUT2D eigenvalue weighted by molar-refractivity contribution is 5.92. The van der Waals surface area contributed by atoms with Gasteiger partial charge in [0.1, 0.15) is 30.2 Å². The smallest absolute Gasteiger partial charge is 0.258 e. The summed E-state index contributed by atoms with van der Waals surface area (Å²) in [6.45, 7) is 2.64. The highest BCUT2D eigenvalue weighted by atomic mass is 16.5. The summed E-state index contributed by atoms with van der Waals surface area (Å²) >= 11 is 0. The zero-order chi connectivity index (χ0) is 40.0. The third-order valence-corrected chi connectivity index (χ3v) is 10.4. The van der Waals surface area contributed by atoms with Gasteiger partial charge in [-0.05, 0) is 92.0 Å². The normalized spacial score (nSPS) is 21.4. The standard InChI is InChI=1S/C45H52N4O8/c1-2-55-40-10-6-9-34-28-56-37-21-15-30(16-22-37)23-24-46-44(53)38(25-31-7-4-3-5-8-31)49-45(54)39(26-32-13-19-36(50)20-14-32)48-41(51)27-33-11-17-35(18-12-33)47-42(52)29-57-43(34)40/h3-10,13-16,19-22,33,35,38-39,50H,2,11-12,17-18,23-29H2,1H3,(H,46,53)(H,47,52)(H,48,51)(H,49,54)/t33?,35?,38-,39+/m1/s1. The number of phenolic OH excluding ortho intramolecular Hbond substituents is 1. The molecule has 5 aliphatic rings. The number of aromatic hydroxyl groups is 1. The van der Waals surface area contributed by atoms with Crippen LogP contribution < -0.4 is 35.5 Å². The highest BCUT2D eigenvalue weighted by Gasteiger charge is 2.30. The van der Waals surface area contributed by atoms with Crippen LogP contribution in [0, 0.1) is 5.92 Å². The average Bonchev–Trinajstić information content (AvgIpc) is 3.21. The Morgan fingerprint density at radius 1 is 0.684 bits per heavy atom. The Morgan fingerprint density at radius 3 is 2.11 bits per heavy atom. The molecule has 2 atom stereocenters. The maximum atomic E-state index is 14.0. The van der Waals surface area contributed by atoms with E-state index in [1.54, 1.807) is 18.2 Å². The van der Waals surface area contributed by atoms with Gasteiger partial charge in [-0.15, -0.1) is 0 Å². The van der Waals surface area contributed by atoms with Crippen molar-refractivity contribution in [3.8, 4) is 23.0 Å². The number of rotatable bonds is 6. The summed E-state index contributed by atoms with van der Waals surface area (Å²) < 4.78 is 18.0. The van der Waals surface area contributed by atoms with Gasteiger partial charge >= 0.3 is 0 Å². The van der Waals surface area contributed by atoms with Gasteiger partial charge < -0.3 is 40.6 Å². The second-order valence-electron chi connectivity index (χ2n) is 14.7. The average molecular weight is 777 g/mol. The van der Waals surface area contributed by atoms with Crippen molar-refractivity contribution in [2.75, 3.05) is 19.8 Å². The predicted molar refractivity (Wildman–Crippen MR) is 215 cm³/mol. The van der Waals surface area contributed by atoms with Crippen LogP contribution in [-0.2, 0) is 45.0 Å². The van der Waals surface area contributed by atoms with E-state index < -0.39 is 18.0 Å². The van der Waals surface area contributed by atoms with Gasteiger partial charge in [0.25, 0.3) is 5.91 Å². The van der Waals surface area contributed by atoms with Gasteiger partial charge in [0, 0.05) is 37.4 Å². The number of hydrogen-bond donors (Lipinski definition) is 5. The number of phenols is 1. The minimum Gasteiger partial charge on any atom is -0.508 e. The van der Waals surface area contributed by atoms with Gasteiger partial charge in [-0.1, -0.05) is 66.7 Å². The van der Waals surface area contributed by atoms with Crippen molar-refractivity contribution < 1.29 is 38.5 Å². The number of benzene rings is 4. The van der Waals surface area contributed by atoms with E-state index in [9.17, 15) is 24.3 Å². The molecule has 4 amide bonds. The van der Waals surface area contributed by atoms with Crippen molar-refractivity contribution in [3.63, 3.8) is 0 Å². The summed E-state index contributed by atoms with van der Waals surface area (Å²) in [7, 11) is 0. The van der Waals surface area contributed by atoms with E-state index in [2.05, 4.69) is 21.3 Å². The van der Waals surface area contributed by atoms with Crippen molar-refractivity contribution in [2.24, 2.45) is 5.92 Å². The second-order valence-corrected chi connectivity index (χ2v) is 14.7. The molecule has 0 unspecified atom stereocenters. The Hall–Kier alpha value is -6.04. The molecule has 300 valence electrons. The van der Waals surface area contributed by atoms with Gasteiger partial charge in [0.15, 0.2) is 18.1 Å². The second kappa shape index (κ2) is 20.2. The first-order valence-electron chi connectivity index (χ1n) is 19.8.